The molecule has 0 radical (unpaired) electrons. The van der Waals surface area contributed by atoms with Gasteiger partial charge in [-0.1, -0.05) is 12.1 Å². The Kier molecular flexibility index (Phi) is 6.66. The summed E-state index contributed by atoms with van der Waals surface area (Å²) in [7, 11) is -1.39. The molecule has 7 nitrogen and oxygen atoms in total. The number of carbonyl (C=O) groups excluding carboxylic acids is 1. The van der Waals surface area contributed by atoms with Crippen LogP contribution in [0.3, 0.4) is 0 Å². The molecule has 1 aromatic carbocycles. The Labute approximate surface area is 149 Å². The summed E-state index contributed by atoms with van der Waals surface area (Å²) in [6, 6.07) is 7.95. The van der Waals surface area contributed by atoms with Crippen molar-refractivity contribution in [1.82, 2.24) is 4.90 Å². The lowest BCUT2D eigenvalue weighted by Crippen LogP contribution is -2.46. The maximum absolute atomic E-state index is 11.9. The Morgan fingerprint density at radius 1 is 1.36 bits per heavy atom. The third-order valence-electron chi connectivity index (χ3n) is 4.26. The van der Waals surface area contributed by atoms with Crippen molar-refractivity contribution in [3.63, 3.8) is 0 Å². The van der Waals surface area contributed by atoms with E-state index in [4.69, 9.17) is 10.5 Å². The van der Waals surface area contributed by atoms with Gasteiger partial charge in [0.1, 0.15) is 11.9 Å². The van der Waals surface area contributed by atoms with Gasteiger partial charge >= 0.3 is 0 Å². The molecule has 0 aliphatic carbocycles. The number of fused-ring (bicyclic) bond motifs is 1. The molecule has 0 aromatic heterocycles. The maximum Gasteiger partial charge on any atom is 0.218 e. The molecule has 0 saturated heterocycles. The second-order valence-corrected chi connectivity index (χ2v) is 8.68. The molecule has 0 saturated carbocycles. The van der Waals surface area contributed by atoms with E-state index in [9.17, 15) is 13.2 Å². The highest BCUT2D eigenvalue weighted by molar-refractivity contribution is 7.91. The van der Waals surface area contributed by atoms with E-state index in [2.05, 4.69) is 11.8 Å². The van der Waals surface area contributed by atoms with E-state index in [1.165, 1.54) is 0 Å². The number of primary amides is 1. The standard InChI is InChI=1S/C17H27N3O4S/c1-3-20-13-14(24-16-7-5-4-6-15(16)20)12-19(2)9-11-25(22,23)10-8-17(18)21/h4-7,14H,3,8-13H2,1-2H3,(H2,18,21)/t14-/m1/s1. The van der Waals surface area contributed by atoms with E-state index in [0.29, 0.717) is 13.1 Å². The van der Waals surface area contributed by atoms with Gasteiger partial charge in [0.25, 0.3) is 0 Å². The summed E-state index contributed by atoms with van der Waals surface area (Å²) in [6.07, 6.45) is -0.145. The highest BCUT2D eigenvalue weighted by Crippen LogP contribution is 2.32. The van der Waals surface area contributed by atoms with Gasteiger partial charge in [-0.15, -0.1) is 0 Å². The fraction of sp³-hybridized carbons (Fsp3) is 0.588. The largest absolute Gasteiger partial charge is 0.485 e. The molecule has 1 atom stereocenters. The predicted octanol–water partition coefficient (Wildman–Crippen LogP) is 0.496. The molecular formula is C17H27N3O4S. The molecule has 0 spiro atoms. The smallest absolute Gasteiger partial charge is 0.218 e. The van der Waals surface area contributed by atoms with E-state index < -0.39 is 15.7 Å². The van der Waals surface area contributed by atoms with E-state index in [-0.39, 0.29) is 24.0 Å². The molecule has 0 bridgehead atoms. The number of nitrogens with two attached hydrogens (primary N) is 1. The first-order valence-corrected chi connectivity index (χ1v) is 10.3. The second-order valence-electron chi connectivity index (χ2n) is 6.38. The Morgan fingerprint density at radius 2 is 2.08 bits per heavy atom. The van der Waals surface area contributed by atoms with Crippen LogP contribution in [0.2, 0.25) is 0 Å². The summed E-state index contributed by atoms with van der Waals surface area (Å²) < 4.78 is 29.9. The van der Waals surface area contributed by atoms with Crippen LogP contribution in [0.15, 0.2) is 24.3 Å². The minimum Gasteiger partial charge on any atom is -0.485 e. The van der Waals surface area contributed by atoms with Gasteiger partial charge in [-0.25, -0.2) is 8.42 Å². The van der Waals surface area contributed by atoms with Gasteiger partial charge in [0.2, 0.25) is 5.91 Å². The first kappa shape index (κ1) is 19.5. The number of hydrogen-bond acceptors (Lipinski definition) is 6. The van der Waals surface area contributed by atoms with Crippen molar-refractivity contribution in [3.8, 4) is 5.75 Å². The summed E-state index contributed by atoms with van der Waals surface area (Å²) >= 11 is 0. The minimum atomic E-state index is -3.27. The van der Waals surface area contributed by atoms with Crippen molar-refractivity contribution in [1.29, 1.82) is 0 Å². The van der Waals surface area contributed by atoms with Crippen LogP contribution in [0.1, 0.15) is 13.3 Å². The minimum absolute atomic E-state index is 0.0115. The van der Waals surface area contributed by atoms with Crippen LogP contribution in [0.25, 0.3) is 0 Å². The first-order chi connectivity index (χ1) is 11.8. The molecule has 140 valence electrons. The number of hydrogen-bond donors (Lipinski definition) is 1. The SMILES string of the molecule is CCN1C[C@@H](CN(C)CCS(=O)(=O)CCC(N)=O)Oc2ccccc21. The van der Waals surface area contributed by atoms with E-state index in [1.54, 1.807) is 0 Å². The van der Waals surface area contributed by atoms with Crippen LogP contribution >= 0.6 is 0 Å². The van der Waals surface area contributed by atoms with Crippen molar-refractivity contribution in [3.05, 3.63) is 24.3 Å². The van der Waals surface area contributed by atoms with Crippen LogP contribution in [0, 0.1) is 0 Å². The van der Waals surface area contributed by atoms with Crippen molar-refractivity contribution in [2.24, 2.45) is 5.73 Å². The number of amides is 1. The monoisotopic (exact) mass is 369 g/mol. The van der Waals surface area contributed by atoms with Crippen LogP contribution in [-0.2, 0) is 14.6 Å². The third-order valence-corrected chi connectivity index (χ3v) is 5.89. The van der Waals surface area contributed by atoms with Gasteiger partial charge in [-0.3, -0.25) is 4.79 Å². The third kappa shape index (κ3) is 5.89. The van der Waals surface area contributed by atoms with Gasteiger partial charge in [-0.2, -0.15) is 0 Å². The van der Waals surface area contributed by atoms with Crippen LogP contribution in [0.5, 0.6) is 5.75 Å². The van der Waals surface area contributed by atoms with E-state index in [0.717, 1.165) is 24.5 Å². The van der Waals surface area contributed by atoms with Gasteiger partial charge < -0.3 is 20.3 Å². The zero-order valence-corrected chi connectivity index (χ0v) is 15.7. The quantitative estimate of drug-likeness (QED) is 0.681. The lowest BCUT2D eigenvalue weighted by Gasteiger charge is -2.37. The maximum atomic E-state index is 11.9. The molecule has 1 heterocycles. The molecule has 1 aromatic rings. The number of carbonyl (C=O) groups is 1. The molecule has 8 heteroatoms. The van der Waals surface area contributed by atoms with E-state index >= 15 is 0 Å². The topological polar surface area (TPSA) is 92.9 Å². The highest BCUT2D eigenvalue weighted by Gasteiger charge is 2.25. The first-order valence-electron chi connectivity index (χ1n) is 8.48. The number of sulfone groups is 1. The number of anilines is 1. The Morgan fingerprint density at radius 3 is 2.76 bits per heavy atom. The van der Waals surface area contributed by atoms with Crippen molar-refractivity contribution >= 4 is 21.4 Å². The van der Waals surface area contributed by atoms with Crippen molar-refractivity contribution in [2.45, 2.75) is 19.4 Å². The number of rotatable bonds is 9. The number of ether oxygens (including phenoxy) is 1. The van der Waals surface area contributed by atoms with Gasteiger partial charge in [0, 0.05) is 26.1 Å². The molecule has 25 heavy (non-hydrogen) atoms. The fourth-order valence-electron chi connectivity index (χ4n) is 2.87. The number of para-hydroxylation sites is 2. The van der Waals surface area contributed by atoms with Crippen molar-refractivity contribution in [2.75, 3.05) is 49.6 Å². The van der Waals surface area contributed by atoms with Gasteiger partial charge in [-0.05, 0) is 26.1 Å². The number of benzene rings is 1. The number of nitrogens with zero attached hydrogens (tertiary/aromatic N) is 2. The molecule has 0 fully saturated rings. The zero-order chi connectivity index (χ0) is 18.4. The summed E-state index contributed by atoms with van der Waals surface area (Å²) in [5, 5.41) is 0. The normalized spacial score (nSPS) is 17.2. The summed E-state index contributed by atoms with van der Waals surface area (Å²) in [6.45, 7) is 4.80. The average Bonchev–Trinajstić information content (AvgIpc) is 2.58. The average molecular weight is 369 g/mol. The van der Waals surface area contributed by atoms with Crippen molar-refractivity contribution < 1.29 is 17.9 Å². The molecule has 2 rings (SSSR count). The van der Waals surface area contributed by atoms with Crippen LogP contribution in [0.4, 0.5) is 5.69 Å². The second kappa shape index (κ2) is 8.53. The zero-order valence-electron chi connectivity index (χ0n) is 14.8. The Bertz CT molecular complexity index is 693. The predicted molar refractivity (Wildman–Crippen MR) is 98.7 cm³/mol. The number of likely N-dealkylation sites (N-methyl/N-ethyl adjacent to an activating group) is 2. The molecular weight excluding hydrogens is 342 g/mol. The molecule has 1 aliphatic rings. The summed E-state index contributed by atoms with van der Waals surface area (Å²) in [5.74, 6) is 0.0962. The fourth-order valence-corrected chi connectivity index (χ4v) is 4.17. The summed E-state index contributed by atoms with van der Waals surface area (Å²) in [5.41, 5.74) is 6.10. The van der Waals surface area contributed by atoms with Crippen LogP contribution < -0.4 is 15.4 Å². The van der Waals surface area contributed by atoms with Gasteiger partial charge in [0.05, 0.1) is 23.7 Å². The lowest BCUT2D eigenvalue weighted by molar-refractivity contribution is -0.117. The van der Waals surface area contributed by atoms with Crippen LogP contribution in [-0.4, -0.2) is 70.1 Å². The summed E-state index contributed by atoms with van der Waals surface area (Å²) in [4.78, 5) is 15.0. The lowest BCUT2D eigenvalue weighted by atomic mass is 10.2. The molecule has 1 aliphatic heterocycles. The molecule has 2 N–H and O–H groups in total. The molecule has 1 amide bonds. The van der Waals surface area contributed by atoms with E-state index in [1.807, 2.05) is 36.2 Å². The highest BCUT2D eigenvalue weighted by atomic mass is 32.2. The Balaban J connectivity index is 1.87. The van der Waals surface area contributed by atoms with Gasteiger partial charge in [0.15, 0.2) is 9.84 Å². The molecule has 0 unspecified atom stereocenters. The Hall–Kier alpha value is -1.80.